The van der Waals surface area contributed by atoms with Crippen LogP contribution in [0.25, 0.3) is 0 Å². The van der Waals surface area contributed by atoms with Gasteiger partial charge >= 0.3 is 0 Å². The average molecular weight is 311 g/mol. The highest BCUT2D eigenvalue weighted by molar-refractivity contribution is 4.98. The summed E-state index contributed by atoms with van der Waals surface area (Å²) in [5.74, 6) is 1.16. The fourth-order valence-corrected chi connectivity index (χ4v) is 2.15. The van der Waals surface area contributed by atoms with Crippen molar-refractivity contribution in [2.75, 3.05) is 26.4 Å². The van der Waals surface area contributed by atoms with E-state index >= 15 is 0 Å². The van der Waals surface area contributed by atoms with Crippen molar-refractivity contribution >= 4 is 0 Å². The third-order valence-electron chi connectivity index (χ3n) is 4.01. The Hall–Kier alpha value is -0.340. The molecule has 0 aliphatic carbocycles. The maximum atomic E-state index is 5.71. The van der Waals surface area contributed by atoms with Crippen molar-refractivity contribution < 1.29 is 9.47 Å². The van der Waals surface area contributed by atoms with Gasteiger partial charge in [0.2, 0.25) is 0 Å². The van der Waals surface area contributed by atoms with Gasteiger partial charge in [-0.15, -0.1) is 0 Å². The van der Waals surface area contributed by atoms with Gasteiger partial charge in [-0.3, -0.25) is 0 Å². The molecule has 22 heavy (non-hydrogen) atoms. The first-order valence-electron chi connectivity index (χ1n) is 9.13. The van der Waals surface area contributed by atoms with Gasteiger partial charge in [0.1, 0.15) is 0 Å². The lowest BCUT2D eigenvalue weighted by Crippen LogP contribution is -2.01. The van der Waals surface area contributed by atoms with Gasteiger partial charge in [0.05, 0.1) is 13.2 Å². The molecule has 0 aromatic carbocycles. The molecule has 0 spiro atoms. The fraction of sp³-hybridized carbons (Fsp3) is 0.850. The van der Waals surface area contributed by atoms with E-state index in [1.165, 1.54) is 31.3 Å². The molecule has 2 atom stereocenters. The lowest BCUT2D eigenvalue weighted by atomic mass is 10.0. The van der Waals surface area contributed by atoms with E-state index in [9.17, 15) is 0 Å². The Morgan fingerprint density at radius 2 is 1.64 bits per heavy atom. The van der Waals surface area contributed by atoms with E-state index in [-0.39, 0.29) is 0 Å². The first-order chi connectivity index (χ1) is 10.6. The van der Waals surface area contributed by atoms with Crippen molar-refractivity contribution in [3.05, 3.63) is 18.6 Å². The molecule has 0 fully saturated rings. The average Bonchev–Trinajstić information content (AvgIpc) is 2.49. The maximum Gasteiger partial charge on any atom is 0.0674 e. The Kier molecular flexibility index (Phi) is 15.3. The zero-order valence-corrected chi connectivity index (χ0v) is 15.4. The fourth-order valence-electron chi connectivity index (χ4n) is 2.15. The Morgan fingerprint density at radius 3 is 2.27 bits per heavy atom. The molecule has 130 valence electrons. The van der Waals surface area contributed by atoms with E-state index in [2.05, 4.69) is 33.8 Å². The summed E-state index contributed by atoms with van der Waals surface area (Å²) in [5.41, 5.74) is 1.26. The van der Waals surface area contributed by atoms with E-state index in [1.54, 1.807) is 0 Å². The van der Waals surface area contributed by atoms with E-state index in [4.69, 9.17) is 16.4 Å². The smallest absolute Gasteiger partial charge is 0.0674 e. The molecule has 0 heterocycles. The molecule has 0 aromatic heterocycles. The van der Waals surface area contributed by atoms with Gasteiger partial charge in [0.25, 0.3) is 0 Å². The molecule has 0 aromatic rings. The summed E-state index contributed by atoms with van der Waals surface area (Å²) in [5, 5.41) is 0. The van der Waals surface area contributed by atoms with Crippen LogP contribution in [0.4, 0.5) is 0 Å². The van der Waals surface area contributed by atoms with Crippen LogP contribution in [0.15, 0.2) is 11.6 Å². The Morgan fingerprint density at radius 1 is 1.00 bits per heavy atom. The van der Waals surface area contributed by atoms with Gasteiger partial charge in [-0.2, -0.15) is 0 Å². The number of ether oxygens (including phenoxy) is 2. The molecule has 0 N–H and O–H groups in total. The van der Waals surface area contributed by atoms with Crippen LogP contribution in [0, 0.1) is 18.8 Å². The van der Waals surface area contributed by atoms with Crippen LogP contribution in [-0.4, -0.2) is 26.4 Å². The summed E-state index contributed by atoms with van der Waals surface area (Å²) < 4.78 is 11.3. The van der Waals surface area contributed by atoms with Crippen molar-refractivity contribution in [1.29, 1.82) is 0 Å². The van der Waals surface area contributed by atoms with Gasteiger partial charge in [-0.1, -0.05) is 59.0 Å². The van der Waals surface area contributed by atoms with Crippen LogP contribution in [0.2, 0.25) is 0 Å². The van der Waals surface area contributed by atoms with Crippen LogP contribution in [0.3, 0.4) is 0 Å². The topological polar surface area (TPSA) is 18.5 Å². The van der Waals surface area contributed by atoms with E-state index in [0.29, 0.717) is 12.5 Å². The minimum Gasteiger partial charge on any atom is -0.377 e. The van der Waals surface area contributed by atoms with Gasteiger partial charge in [0.15, 0.2) is 0 Å². The van der Waals surface area contributed by atoms with Crippen molar-refractivity contribution in [1.82, 2.24) is 0 Å². The van der Waals surface area contributed by atoms with E-state index in [0.717, 1.165) is 45.0 Å². The highest BCUT2D eigenvalue weighted by atomic mass is 16.5. The first-order valence-corrected chi connectivity index (χ1v) is 9.13. The molecular weight excluding hydrogens is 272 g/mol. The summed E-state index contributed by atoms with van der Waals surface area (Å²) in [7, 11) is 0. The minimum atomic E-state index is 0.309. The molecule has 2 nitrogen and oxygen atoms in total. The van der Waals surface area contributed by atoms with Crippen LogP contribution >= 0.6 is 0 Å². The number of hydrogen-bond donors (Lipinski definition) is 0. The quantitative estimate of drug-likeness (QED) is 0.285. The second kappa shape index (κ2) is 15.6. The van der Waals surface area contributed by atoms with Crippen molar-refractivity contribution in [3.63, 3.8) is 0 Å². The molecule has 2 unspecified atom stereocenters. The lowest BCUT2D eigenvalue weighted by molar-refractivity contribution is 0.143. The summed E-state index contributed by atoms with van der Waals surface area (Å²) in [4.78, 5) is 0. The standard InChI is InChI=1S/C20H38O2/c1-6-19(4)12-8-10-14-21-16-13-20(5)17-22-15-9-7-11-18(2)3/h2,13,18-19H,6-12,14-17H2,1,3-5H3/b20-13-. The molecule has 0 rings (SSSR count). The van der Waals surface area contributed by atoms with E-state index in [1.807, 2.05) is 0 Å². The largest absolute Gasteiger partial charge is 0.377 e. The van der Waals surface area contributed by atoms with Gasteiger partial charge in [0, 0.05) is 13.2 Å². The van der Waals surface area contributed by atoms with Crippen molar-refractivity contribution in [2.24, 2.45) is 11.8 Å². The predicted octanol–water partition coefficient (Wildman–Crippen LogP) is 5.70. The monoisotopic (exact) mass is 310 g/mol. The SMILES string of the molecule is [CH]C(C)CCCCOC/C(C)=C\COCCCCC(C)CC. The van der Waals surface area contributed by atoms with Crippen molar-refractivity contribution in [2.45, 2.75) is 72.6 Å². The second-order valence-corrected chi connectivity index (χ2v) is 6.66. The molecule has 0 bridgehead atoms. The molecule has 0 aliphatic heterocycles. The summed E-state index contributed by atoms with van der Waals surface area (Å²) in [6.45, 7) is 17.6. The van der Waals surface area contributed by atoms with Crippen LogP contribution < -0.4 is 0 Å². The number of unbranched alkanes of at least 4 members (excludes halogenated alkanes) is 2. The summed E-state index contributed by atoms with van der Waals surface area (Å²) >= 11 is 0. The third kappa shape index (κ3) is 16.0. The van der Waals surface area contributed by atoms with Crippen LogP contribution in [-0.2, 0) is 9.47 Å². The minimum absolute atomic E-state index is 0.309. The molecule has 0 saturated heterocycles. The first kappa shape index (κ1) is 21.7. The summed E-state index contributed by atoms with van der Waals surface area (Å²) in [6.07, 6.45) is 10.5. The molecule has 0 aliphatic rings. The molecular formula is C20H38O2. The van der Waals surface area contributed by atoms with Gasteiger partial charge in [-0.05, 0) is 44.1 Å². The number of hydrogen-bond acceptors (Lipinski definition) is 2. The highest BCUT2D eigenvalue weighted by Crippen LogP contribution is 2.10. The lowest BCUT2D eigenvalue weighted by Gasteiger charge is -2.08. The molecule has 0 saturated carbocycles. The molecule has 2 heteroatoms. The second-order valence-electron chi connectivity index (χ2n) is 6.66. The Labute approximate surface area is 139 Å². The van der Waals surface area contributed by atoms with Gasteiger partial charge in [-0.25, -0.2) is 0 Å². The van der Waals surface area contributed by atoms with Crippen molar-refractivity contribution in [3.8, 4) is 0 Å². The molecule has 0 amide bonds. The molecule has 2 radical (unpaired) electrons. The van der Waals surface area contributed by atoms with Crippen LogP contribution in [0.5, 0.6) is 0 Å². The predicted molar refractivity (Wildman–Crippen MR) is 96.0 cm³/mol. The highest BCUT2D eigenvalue weighted by Gasteiger charge is 1.98. The Bertz CT molecular complexity index is 258. The van der Waals surface area contributed by atoms with Crippen LogP contribution in [0.1, 0.15) is 72.6 Å². The Balaban J connectivity index is 3.34. The zero-order chi connectivity index (χ0) is 16.6. The summed E-state index contributed by atoms with van der Waals surface area (Å²) in [6, 6.07) is 0. The van der Waals surface area contributed by atoms with E-state index < -0.39 is 0 Å². The maximum absolute atomic E-state index is 5.71. The third-order valence-corrected chi connectivity index (χ3v) is 4.01. The van der Waals surface area contributed by atoms with Gasteiger partial charge < -0.3 is 9.47 Å². The normalized spacial score (nSPS) is 13.8. The number of rotatable bonds is 15. The zero-order valence-electron chi connectivity index (χ0n) is 15.4.